The van der Waals surface area contributed by atoms with Crippen LogP contribution in [-0.4, -0.2) is 54.5 Å². The number of likely N-dealkylation sites (tertiary alicyclic amines) is 1. The average Bonchev–Trinajstić information content (AvgIpc) is 2.88. The lowest BCUT2D eigenvalue weighted by Crippen LogP contribution is -2.47. The number of hydrogen-bond acceptors (Lipinski definition) is 5. The van der Waals surface area contributed by atoms with Crippen LogP contribution in [0.15, 0.2) is 79.1 Å². The van der Waals surface area contributed by atoms with Crippen LogP contribution in [0.2, 0.25) is 0 Å². The third kappa shape index (κ3) is 5.68. The summed E-state index contributed by atoms with van der Waals surface area (Å²) in [6, 6.07) is 19.8. The number of nitrogens with zero attached hydrogens (tertiary/aromatic N) is 3. The fraction of sp³-hybridized carbons (Fsp3) is 0.269. The first kappa shape index (κ1) is 22.3. The van der Waals surface area contributed by atoms with Crippen LogP contribution in [0.3, 0.4) is 0 Å². The molecule has 7 nitrogen and oxygen atoms in total. The molecule has 0 N–H and O–H groups in total. The molecule has 0 spiro atoms. The first-order chi connectivity index (χ1) is 16.1. The van der Waals surface area contributed by atoms with E-state index in [-0.39, 0.29) is 24.5 Å². The number of benzene rings is 2. The van der Waals surface area contributed by atoms with Crippen molar-refractivity contribution in [1.29, 1.82) is 0 Å². The van der Waals surface area contributed by atoms with Crippen molar-refractivity contribution in [3.8, 4) is 11.5 Å². The second kappa shape index (κ2) is 10.6. The largest absolute Gasteiger partial charge is 0.497 e. The number of carbonyl (C=O) groups is 2. The maximum atomic E-state index is 13.3. The van der Waals surface area contributed by atoms with Gasteiger partial charge >= 0.3 is 0 Å². The summed E-state index contributed by atoms with van der Waals surface area (Å²) in [4.78, 5) is 33.8. The van der Waals surface area contributed by atoms with Gasteiger partial charge in [0.15, 0.2) is 0 Å². The zero-order valence-corrected chi connectivity index (χ0v) is 18.6. The fourth-order valence-electron chi connectivity index (χ4n) is 3.85. The molecular weight excluding hydrogens is 418 g/mol. The van der Waals surface area contributed by atoms with Gasteiger partial charge in [0.2, 0.25) is 5.91 Å². The van der Waals surface area contributed by atoms with Crippen LogP contribution in [0.5, 0.6) is 11.5 Å². The highest BCUT2D eigenvalue weighted by atomic mass is 16.5. The number of ether oxygens (including phenoxy) is 2. The summed E-state index contributed by atoms with van der Waals surface area (Å²) in [5, 5.41) is 0. The normalized spacial score (nSPS) is 13.9. The van der Waals surface area contributed by atoms with Gasteiger partial charge in [-0.25, -0.2) is 0 Å². The van der Waals surface area contributed by atoms with Gasteiger partial charge in [-0.1, -0.05) is 18.2 Å². The number of para-hydroxylation sites is 1. The van der Waals surface area contributed by atoms with Crippen LogP contribution >= 0.6 is 0 Å². The summed E-state index contributed by atoms with van der Waals surface area (Å²) < 4.78 is 11.2. The summed E-state index contributed by atoms with van der Waals surface area (Å²) >= 11 is 0. The molecular formula is C26H27N3O4. The topological polar surface area (TPSA) is 72.0 Å². The van der Waals surface area contributed by atoms with Crippen LogP contribution in [0, 0.1) is 0 Å². The molecule has 2 aromatic carbocycles. The number of piperidine rings is 1. The summed E-state index contributed by atoms with van der Waals surface area (Å²) in [7, 11) is 1.58. The molecule has 1 aromatic heterocycles. The quantitative estimate of drug-likeness (QED) is 0.553. The van der Waals surface area contributed by atoms with Crippen molar-refractivity contribution in [2.75, 3.05) is 31.6 Å². The molecule has 0 aliphatic carbocycles. The van der Waals surface area contributed by atoms with E-state index < -0.39 is 0 Å². The molecule has 33 heavy (non-hydrogen) atoms. The van der Waals surface area contributed by atoms with E-state index in [4.69, 9.17) is 9.47 Å². The zero-order valence-electron chi connectivity index (χ0n) is 18.6. The minimum absolute atomic E-state index is 0.0231. The molecule has 1 fully saturated rings. The monoisotopic (exact) mass is 445 g/mol. The minimum atomic E-state index is -0.229. The van der Waals surface area contributed by atoms with Gasteiger partial charge in [-0.2, -0.15) is 0 Å². The smallest absolute Gasteiger partial charge is 0.258 e. The number of amides is 2. The molecule has 2 heterocycles. The summed E-state index contributed by atoms with van der Waals surface area (Å²) in [5.41, 5.74) is 1.18. The lowest BCUT2D eigenvalue weighted by atomic mass is 10.1. The Kier molecular flexibility index (Phi) is 7.19. The molecule has 0 saturated carbocycles. The molecule has 4 rings (SSSR count). The Labute approximate surface area is 193 Å². The van der Waals surface area contributed by atoms with Crippen molar-refractivity contribution in [3.63, 3.8) is 0 Å². The van der Waals surface area contributed by atoms with Gasteiger partial charge in [0.1, 0.15) is 24.1 Å². The number of hydrogen-bond donors (Lipinski definition) is 0. The predicted octanol–water partition coefficient (Wildman–Crippen LogP) is 3.81. The molecule has 170 valence electrons. The number of aromatic nitrogens is 1. The minimum Gasteiger partial charge on any atom is -0.497 e. The molecule has 1 aliphatic heterocycles. The van der Waals surface area contributed by atoms with Gasteiger partial charge in [-0.05, 0) is 48.5 Å². The van der Waals surface area contributed by atoms with Crippen molar-refractivity contribution >= 4 is 17.5 Å². The Balaban J connectivity index is 1.42. The molecule has 1 saturated heterocycles. The zero-order chi connectivity index (χ0) is 23.0. The Bertz CT molecular complexity index is 1050. The summed E-state index contributed by atoms with van der Waals surface area (Å²) in [5.74, 6) is 1.15. The van der Waals surface area contributed by atoms with Crippen LogP contribution in [0.1, 0.15) is 23.2 Å². The van der Waals surface area contributed by atoms with Crippen LogP contribution in [0.25, 0.3) is 0 Å². The first-order valence-electron chi connectivity index (χ1n) is 11.0. The van der Waals surface area contributed by atoms with E-state index in [0.29, 0.717) is 30.1 Å². The Morgan fingerprint density at radius 2 is 1.61 bits per heavy atom. The number of pyridine rings is 1. The van der Waals surface area contributed by atoms with E-state index in [1.807, 2.05) is 47.4 Å². The Hall–Kier alpha value is -3.87. The van der Waals surface area contributed by atoms with Gasteiger partial charge in [0, 0.05) is 49.6 Å². The average molecular weight is 446 g/mol. The maximum Gasteiger partial charge on any atom is 0.258 e. The molecule has 0 bridgehead atoms. The highest BCUT2D eigenvalue weighted by molar-refractivity contribution is 6.08. The van der Waals surface area contributed by atoms with Crippen LogP contribution in [0.4, 0.5) is 5.69 Å². The Morgan fingerprint density at radius 3 is 2.24 bits per heavy atom. The van der Waals surface area contributed by atoms with E-state index >= 15 is 0 Å². The van der Waals surface area contributed by atoms with Crippen molar-refractivity contribution in [3.05, 3.63) is 84.7 Å². The Morgan fingerprint density at radius 1 is 0.939 bits per heavy atom. The fourth-order valence-corrected chi connectivity index (χ4v) is 3.85. The first-order valence-corrected chi connectivity index (χ1v) is 11.0. The number of anilines is 1. The SMILES string of the molecule is COc1ccc(C(=O)N(CC(=O)N2CCC(Oc3ccncc3)CC2)c2ccccc2)cc1. The predicted molar refractivity (Wildman–Crippen MR) is 126 cm³/mol. The third-order valence-corrected chi connectivity index (χ3v) is 5.69. The van der Waals surface area contributed by atoms with Gasteiger partial charge in [-0.3, -0.25) is 19.5 Å². The van der Waals surface area contributed by atoms with Crippen molar-refractivity contribution in [1.82, 2.24) is 9.88 Å². The van der Waals surface area contributed by atoms with Gasteiger partial charge in [-0.15, -0.1) is 0 Å². The molecule has 3 aromatic rings. The van der Waals surface area contributed by atoms with Gasteiger partial charge in [0.25, 0.3) is 5.91 Å². The van der Waals surface area contributed by atoms with E-state index in [9.17, 15) is 9.59 Å². The third-order valence-electron chi connectivity index (χ3n) is 5.69. The molecule has 0 radical (unpaired) electrons. The van der Waals surface area contributed by atoms with E-state index in [1.165, 1.54) is 4.90 Å². The van der Waals surface area contributed by atoms with Crippen LogP contribution < -0.4 is 14.4 Å². The molecule has 7 heteroatoms. The summed E-state index contributed by atoms with van der Waals surface area (Å²) in [6.07, 6.45) is 4.94. The van der Waals surface area contributed by atoms with E-state index in [1.54, 1.807) is 43.8 Å². The second-order valence-corrected chi connectivity index (χ2v) is 7.84. The van der Waals surface area contributed by atoms with Crippen molar-refractivity contribution < 1.29 is 19.1 Å². The lowest BCUT2D eigenvalue weighted by Gasteiger charge is -2.33. The molecule has 1 aliphatic rings. The molecule has 0 atom stereocenters. The van der Waals surface area contributed by atoms with Gasteiger partial charge in [0.05, 0.1) is 7.11 Å². The highest BCUT2D eigenvalue weighted by Gasteiger charge is 2.27. The number of rotatable bonds is 7. The standard InChI is InChI=1S/C26H27N3O4/c1-32-22-9-7-20(8-10-22)26(31)29(21-5-3-2-4-6-21)19-25(30)28-17-13-24(14-18-28)33-23-11-15-27-16-12-23/h2-12,15-16,24H,13-14,17-19H2,1H3. The number of carbonyl (C=O) groups excluding carboxylic acids is 2. The van der Waals surface area contributed by atoms with Crippen LogP contribution in [-0.2, 0) is 4.79 Å². The highest BCUT2D eigenvalue weighted by Crippen LogP contribution is 2.21. The molecule has 2 amide bonds. The number of methoxy groups -OCH3 is 1. The van der Waals surface area contributed by atoms with E-state index in [0.717, 1.165) is 18.6 Å². The second-order valence-electron chi connectivity index (χ2n) is 7.84. The van der Waals surface area contributed by atoms with Crippen molar-refractivity contribution in [2.45, 2.75) is 18.9 Å². The maximum absolute atomic E-state index is 13.3. The van der Waals surface area contributed by atoms with Crippen molar-refractivity contribution in [2.24, 2.45) is 0 Å². The van der Waals surface area contributed by atoms with E-state index in [2.05, 4.69) is 4.98 Å². The van der Waals surface area contributed by atoms with Gasteiger partial charge < -0.3 is 14.4 Å². The lowest BCUT2D eigenvalue weighted by molar-refractivity contribution is -0.131. The summed E-state index contributed by atoms with van der Waals surface area (Å²) in [6.45, 7) is 1.16. The molecule has 0 unspecified atom stereocenters.